The molecule has 0 spiro atoms. The number of nitrogens with two attached hydrogens (primary N) is 2. The average Bonchev–Trinajstić information content (AvgIpc) is 2.32. The number of fused-ring (bicyclic) bond motifs is 1. The second kappa shape index (κ2) is 4.58. The Labute approximate surface area is 99.4 Å². The summed E-state index contributed by atoms with van der Waals surface area (Å²) in [5.74, 6) is 5.27. The number of rotatable bonds is 1. The Balaban J connectivity index is 2.51. The molecule has 3 nitrogen and oxygen atoms in total. The third-order valence-corrected chi connectivity index (χ3v) is 2.44. The number of hydrogen-bond donors (Lipinski definition) is 2. The quantitative estimate of drug-likeness (QED) is 0.571. The lowest BCUT2D eigenvalue weighted by Gasteiger charge is -2.03. The molecule has 0 fully saturated rings. The minimum absolute atomic E-state index is 0.0682. The average molecular weight is 224 g/mol. The maximum absolute atomic E-state index is 10.6. The summed E-state index contributed by atoms with van der Waals surface area (Å²) < 4.78 is 0. The zero-order valence-corrected chi connectivity index (χ0v) is 9.23. The second-order valence-electron chi connectivity index (χ2n) is 3.69. The van der Waals surface area contributed by atoms with Crippen molar-refractivity contribution in [2.75, 3.05) is 5.73 Å². The van der Waals surface area contributed by atoms with E-state index >= 15 is 0 Å². The topological polar surface area (TPSA) is 69.1 Å². The maximum Gasteiger partial charge on any atom is 0.229 e. The van der Waals surface area contributed by atoms with E-state index in [0.717, 1.165) is 22.0 Å². The first-order valence-electron chi connectivity index (χ1n) is 5.23. The first-order valence-corrected chi connectivity index (χ1v) is 5.23. The number of carbonyl (C=O) groups is 1. The Hall–Kier alpha value is -2.47. The number of primary amides is 1. The smallest absolute Gasteiger partial charge is 0.229 e. The molecule has 0 saturated carbocycles. The summed E-state index contributed by atoms with van der Waals surface area (Å²) in [6.07, 6.45) is 0.0682. The van der Waals surface area contributed by atoms with E-state index < -0.39 is 5.91 Å². The fraction of sp³-hybridized carbons (Fsp3) is 0.0714. The number of anilines is 1. The highest BCUT2D eigenvalue weighted by atomic mass is 16.1. The number of hydrogen-bond acceptors (Lipinski definition) is 2. The van der Waals surface area contributed by atoms with Gasteiger partial charge in [0.15, 0.2) is 0 Å². The van der Waals surface area contributed by atoms with Gasteiger partial charge in [0, 0.05) is 16.6 Å². The molecule has 0 heterocycles. The van der Waals surface area contributed by atoms with Crippen LogP contribution in [0.1, 0.15) is 12.0 Å². The van der Waals surface area contributed by atoms with Crippen LogP contribution in [-0.2, 0) is 4.79 Å². The molecule has 2 aromatic carbocycles. The Morgan fingerprint density at radius 3 is 2.53 bits per heavy atom. The number of amides is 1. The van der Waals surface area contributed by atoms with Crippen LogP contribution in [0.25, 0.3) is 10.8 Å². The van der Waals surface area contributed by atoms with Crippen molar-refractivity contribution < 1.29 is 4.79 Å². The van der Waals surface area contributed by atoms with Gasteiger partial charge in [-0.25, -0.2) is 0 Å². The van der Waals surface area contributed by atoms with E-state index in [1.54, 1.807) is 0 Å². The van der Waals surface area contributed by atoms with E-state index in [0.29, 0.717) is 0 Å². The molecule has 3 heteroatoms. The van der Waals surface area contributed by atoms with Crippen LogP contribution >= 0.6 is 0 Å². The molecule has 0 saturated heterocycles. The van der Waals surface area contributed by atoms with Crippen molar-refractivity contribution >= 4 is 22.4 Å². The van der Waals surface area contributed by atoms with Crippen LogP contribution in [-0.4, -0.2) is 5.91 Å². The zero-order chi connectivity index (χ0) is 12.3. The third-order valence-electron chi connectivity index (χ3n) is 2.44. The highest BCUT2D eigenvalue weighted by Gasteiger charge is 2.00. The first-order chi connectivity index (χ1) is 8.18. The monoisotopic (exact) mass is 224 g/mol. The highest BCUT2D eigenvalue weighted by Crippen LogP contribution is 2.23. The molecule has 0 aliphatic rings. The third kappa shape index (κ3) is 2.37. The molecule has 2 rings (SSSR count). The second-order valence-corrected chi connectivity index (χ2v) is 3.69. The molecule has 4 N–H and O–H groups in total. The Morgan fingerprint density at radius 1 is 1.12 bits per heavy atom. The van der Waals surface area contributed by atoms with E-state index in [1.807, 2.05) is 36.4 Å². The lowest BCUT2D eigenvalue weighted by Crippen LogP contribution is -2.08. The minimum atomic E-state index is -0.419. The van der Waals surface area contributed by atoms with Crippen LogP contribution in [0, 0.1) is 11.8 Å². The van der Waals surface area contributed by atoms with E-state index in [2.05, 4.69) is 11.8 Å². The van der Waals surface area contributed by atoms with Crippen molar-refractivity contribution in [1.82, 2.24) is 0 Å². The predicted octanol–water partition coefficient (Wildman–Crippen LogP) is 1.65. The molecule has 1 amide bonds. The number of nitrogen functional groups attached to an aromatic ring is 1. The maximum atomic E-state index is 10.6. The SMILES string of the molecule is NC(=O)CC#Cc1ccc(N)c2ccccc12. The fourth-order valence-electron chi connectivity index (χ4n) is 1.66. The molecule has 0 bridgehead atoms. The standard InChI is InChI=1S/C14H12N2O/c15-13-9-8-10(4-3-7-14(16)17)11-5-1-2-6-12(11)13/h1-2,5-6,8-9H,7,15H2,(H2,16,17). The zero-order valence-electron chi connectivity index (χ0n) is 9.23. The van der Waals surface area contributed by atoms with Gasteiger partial charge in [-0.1, -0.05) is 36.1 Å². The molecular weight excluding hydrogens is 212 g/mol. The van der Waals surface area contributed by atoms with Crippen LogP contribution in [0.5, 0.6) is 0 Å². The highest BCUT2D eigenvalue weighted by molar-refractivity contribution is 5.96. The van der Waals surface area contributed by atoms with E-state index in [4.69, 9.17) is 11.5 Å². The molecular formula is C14H12N2O. The molecule has 0 unspecified atom stereocenters. The normalized spacial score (nSPS) is 9.65. The Kier molecular flexibility index (Phi) is 2.97. The summed E-state index contributed by atoms with van der Waals surface area (Å²) in [5.41, 5.74) is 12.5. The van der Waals surface area contributed by atoms with Gasteiger partial charge in [0.05, 0.1) is 6.42 Å². The van der Waals surface area contributed by atoms with E-state index in [1.165, 1.54) is 0 Å². The van der Waals surface area contributed by atoms with Crippen LogP contribution in [0.3, 0.4) is 0 Å². The van der Waals surface area contributed by atoms with Crippen molar-refractivity contribution in [1.29, 1.82) is 0 Å². The summed E-state index contributed by atoms with van der Waals surface area (Å²) in [4.78, 5) is 10.6. The van der Waals surface area contributed by atoms with E-state index in [-0.39, 0.29) is 6.42 Å². The predicted molar refractivity (Wildman–Crippen MR) is 69.0 cm³/mol. The summed E-state index contributed by atoms with van der Waals surface area (Å²) >= 11 is 0. The van der Waals surface area contributed by atoms with Gasteiger partial charge >= 0.3 is 0 Å². The largest absolute Gasteiger partial charge is 0.398 e. The van der Waals surface area contributed by atoms with Crippen molar-refractivity contribution in [3.8, 4) is 11.8 Å². The van der Waals surface area contributed by atoms with E-state index in [9.17, 15) is 4.79 Å². The van der Waals surface area contributed by atoms with Gasteiger partial charge < -0.3 is 11.5 Å². The van der Waals surface area contributed by atoms with Gasteiger partial charge in [0.1, 0.15) is 0 Å². The number of benzene rings is 2. The van der Waals surface area contributed by atoms with Crippen LogP contribution < -0.4 is 11.5 Å². The summed E-state index contributed by atoms with van der Waals surface area (Å²) in [6.45, 7) is 0. The van der Waals surface area contributed by atoms with Gasteiger partial charge in [0.25, 0.3) is 0 Å². The van der Waals surface area contributed by atoms with Crippen LogP contribution in [0.2, 0.25) is 0 Å². The Morgan fingerprint density at radius 2 is 1.82 bits per heavy atom. The first kappa shape index (κ1) is 11.0. The van der Waals surface area contributed by atoms with Gasteiger partial charge in [-0.15, -0.1) is 0 Å². The molecule has 0 aromatic heterocycles. The van der Waals surface area contributed by atoms with Crippen molar-refractivity contribution in [3.05, 3.63) is 42.0 Å². The summed E-state index contributed by atoms with van der Waals surface area (Å²) in [6, 6.07) is 11.4. The molecule has 0 atom stereocenters. The van der Waals surface area contributed by atoms with Crippen molar-refractivity contribution in [3.63, 3.8) is 0 Å². The van der Waals surface area contributed by atoms with Gasteiger partial charge in [0.2, 0.25) is 5.91 Å². The van der Waals surface area contributed by atoms with Crippen LogP contribution in [0.4, 0.5) is 5.69 Å². The molecule has 84 valence electrons. The summed E-state index contributed by atoms with van der Waals surface area (Å²) in [7, 11) is 0. The van der Waals surface area contributed by atoms with Crippen molar-refractivity contribution in [2.45, 2.75) is 6.42 Å². The van der Waals surface area contributed by atoms with Crippen LogP contribution in [0.15, 0.2) is 36.4 Å². The molecule has 0 radical (unpaired) electrons. The molecule has 2 aromatic rings. The lowest BCUT2D eigenvalue weighted by atomic mass is 10.0. The van der Waals surface area contributed by atoms with Gasteiger partial charge in [-0.2, -0.15) is 0 Å². The molecule has 0 aliphatic heterocycles. The Bertz CT molecular complexity index is 635. The van der Waals surface area contributed by atoms with Gasteiger partial charge in [-0.3, -0.25) is 4.79 Å². The van der Waals surface area contributed by atoms with Crippen molar-refractivity contribution in [2.24, 2.45) is 5.73 Å². The molecule has 0 aliphatic carbocycles. The molecule has 17 heavy (non-hydrogen) atoms. The van der Waals surface area contributed by atoms with Gasteiger partial charge in [-0.05, 0) is 17.5 Å². The minimum Gasteiger partial charge on any atom is -0.398 e. The summed E-state index contributed by atoms with van der Waals surface area (Å²) in [5, 5.41) is 1.96. The lowest BCUT2D eigenvalue weighted by molar-refractivity contribution is -0.117. The fourth-order valence-corrected chi connectivity index (χ4v) is 1.66. The number of carbonyl (C=O) groups excluding carboxylic acids is 1.